The number of halogens is 2. The summed E-state index contributed by atoms with van der Waals surface area (Å²) in [6.07, 6.45) is 2.14. The maximum absolute atomic E-state index is 16.0. The Morgan fingerprint density at radius 3 is 2.21 bits per heavy atom. The van der Waals surface area contributed by atoms with Crippen LogP contribution in [0.1, 0.15) is 103 Å². The molecule has 6 rings (SSSR count). The minimum atomic E-state index is -4.07. The Kier molecular flexibility index (Phi) is 11.9. The average molecular weight is 854 g/mol. The van der Waals surface area contributed by atoms with Gasteiger partial charge in [0.2, 0.25) is 0 Å². The van der Waals surface area contributed by atoms with Crippen molar-refractivity contribution < 1.29 is 37.0 Å². The van der Waals surface area contributed by atoms with Gasteiger partial charge in [-0.3, -0.25) is 0 Å². The van der Waals surface area contributed by atoms with Crippen LogP contribution in [-0.4, -0.2) is 30.7 Å². The highest BCUT2D eigenvalue weighted by Crippen LogP contribution is 2.46. The van der Waals surface area contributed by atoms with Crippen LogP contribution in [0.15, 0.2) is 60.3 Å². The first-order valence-electron chi connectivity index (χ1n) is 18.6. The topological polar surface area (TPSA) is 233 Å². The number of hydrogen-bond acceptors (Lipinski definition) is 8. The van der Waals surface area contributed by atoms with E-state index in [-0.39, 0.29) is 47.0 Å². The summed E-state index contributed by atoms with van der Waals surface area (Å²) in [5.74, 6) is -2.38. The predicted octanol–water partition coefficient (Wildman–Crippen LogP) is 8.22. The summed E-state index contributed by atoms with van der Waals surface area (Å²) >= 11 is 0.932. The summed E-state index contributed by atoms with van der Waals surface area (Å²) in [5.41, 5.74) is 2.92. The number of nitriles is 1. The molecule has 0 aliphatic heterocycles. The molecule has 308 valence electrons. The number of anilines is 2. The quantitative estimate of drug-likeness (QED) is 0.0964. The lowest BCUT2D eigenvalue weighted by Gasteiger charge is -2.25. The van der Waals surface area contributed by atoms with Crippen LogP contribution < -0.4 is 20.9 Å². The van der Waals surface area contributed by atoms with Crippen LogP contribution in [0.3, 0.4) is 0 Å². The van der Waals surface area contributed by atoms with E-state index in [1.54, 1.807) is 25.1 Å². The molecule has 18 heteroatoms. The predicted molar refractivity (Wildman–Crippen MR) is 219 cm³/mol. The van der Waals surface area contributed by atoms with Crippen molar-refractivity contribution in [1.82, 2.24) is 0 Å². The fourth-order valence-corrected chi connectivity index (χ4v) is 11.3. The number of benzene rings is 3. The van der Waals surface area contributed by atoms with Gasteiger partial charge in [0.25, 0.3) is 0 Å². The molecule has 1 heterocycles. The van der Waals surface area contributed by atoms with E-state index in [2.05, 4.69) is 25.4 Å². The number of phenolic OH excluding ortho intramolecular Hbond substituents is 1. The molecule has 0 fully saturated rings. The number of nitrogens with one attached hydrogen (secondary N) is 2. The molecule has 4 aromatic rings. The van der Waals surface area contributed by atoms with E-state index in [0.29, 0.717) is 75.0 Å². The van der Waals surface area contributed by atoms with Crippen molar-refractivity contribution in [2.45, 2.75) is 99.7 Å². The second kappa shape index (κ2) is 16.1. The molecule has 0 radical (unpaired) electrons. The van der Waals surface area contributed by atoms with Crippen molar-refractivity contribution in [2.24, 2.45) is 24.9 Å². The second-order valence-electron chi connectivity index (χ2n) is 15.5. The Hall–Kier alpha value is -4.77. The Balaban J connectivity index is 1.23. The highest BCUT2D eigenvalue weighted by atomic mass is 32.2. The van der Waals surface area contributed by atoms with Gasteiger partial charge < -0.3 is 20.8 Å². The fraction of sp³-hybridized carbons (Fsp3) is 0.375. The van der Waals surface area contributed by atoms with E-state index in [4.69, 9.17) is 10.3 Å². The number of nitrogens with zero attached hydrogens (tertiary/aromatic N) is 3. The normalized spacial score (nSPS) is 17.7. The van der Waals surface area contributed by atoms with E-state index < -0.39 is 54.0 Å². The molecule has 0 saturated carbocycles. The van der Waals surface area contributed by atoms with Crippen molar-refractivity contribution in [1.29, 1.82) is 5.26 Å². The average Bonchev–Trinajstić information content (AvgIpc) is 3.90. The number of carbonyl (C=O) groups is 2. The first-order valence-corrected chi connectivity index (χ1v) is 22.6. The molecular formula is C40H45F2N7O6S3. The van der Waals surface area contributed by atoms with Gasteiger partial charge in [0, 0.05) is 16.6 Å². The van der Waals surface area contributed by atoms with E-state index in [1.165, 1.54) is 6.07 Å². The molecule has 4 atom stereocenters. The van der Waals surface area contributed by atoms with Crippen LogP contribution in [0.2, 0.25) is 0 Å². The van der Waals surface area contributed by atoms with Gasteiger partial charge in [-0.15, -0.1) is 20.1 Å². The van der Waals surface area contributed by atoms with Gasteiger partial charge in [0.1, 0.15) is 31.5 Å². The van der Waals surface area contributed by atoms with Crippen molar-refractivity contribution >= 4 is 54.6 Å². The zero-order chi connectivity index (χ0) is 42.5. The van der Waals surface area contributed by atoms with Crippen LogP contribution in [0, 0.1) is 28.9 Å². The molecule has 13 nitrogen and oxygen atoms in total. The molecule has 0 spiro atoms. The zero-order valence-electron chi connectivity index (χ0n) is 32.5. The fourth-order valence-electron chi connectivity index (χ4n) is 8.00. The van der Waals surface area contributed by atoms with Gasteiger partial charge in [0.05, 0.1) is 27.8 Å². The first kappa shape index (κ1) is 42.8. The van der Waals surface area contributed by atoms with Crippen LogP contribution in [-0.2, 0) is 51.1 Å². The summed E-state index contributed by atoms with van der Waals surface area (Å²) in [7, 11) is -7.86. The minimum Gasteiger partial charge on any atom is -0.508 e. The van der Waals surface area contributed by atoms with Crippen LogP contribution in [0.4, 0.5) is 29.7 Å². The number of rotatable bonds is 9. The molecule has 0 bridgehead atoms. The number of hydrogen-bond donors (Lipinski definition) is 6. The number of phenols is 1. The first-order chi connectivity index (χ1) is 27.1. The number of nitrogens with two attached hydrogens (primary N) is 2. The molecule has 4 amide bonds. The minimum absolute atomic E-state index is 0.0171. The molecule has 3 aromatic carbocycles. The number of aliphatic hydroxyl groups is 1. The molecule has 8 N–H and O–H groups in total. The van der Waals surface area contributed by atoms with Gasteiger partial charge in [0.15, 0.2) is 9.92 Å². The number of urea groups is 2. The highest BCUT2D eigenvalue weighted by Gasteiger charge is 2.38. The summed E-state index contributed by atoms with van der Waals surface area (Å²) in [4.78, 5) is 26.3. The number of fused-ring (bicyclic) bond motifs is 2. The standard InChI is InChI=1S/C40H45F2N7O6S3/c1-20(2)25-11-9-23(19-43)34(21(3)4)37(25)47-39(52)49-58(45,55)33-14-13-32(56-33)40(5,53)18-22-15-28-29(16-22)36(27-8-6-7-26(27)35(28)42)46-38(51)48-57(44,54)31-12-10-24(50)17-30(31)41/h9-14,17,20-22,50,53H,6-8,15-16,18H2,1-5H3,(H3,44,46,48,51,54)(H3,45,47,49,52,55). The number of thiophene rings is 1. The third-order valence-corrected chi connectivity index (χ3v) is 15.2. The van der Waals surface area contributed by atoms with Gasteiger partial charge in [-0.05, 0) is 127 Å². The van der Waals surface area contributed by atoms with Gasteiger partial charge >= 0.3 is 12.1 Å². The van der Waals surface area contributed by atoms with Gasteiger partial charge in [-0.2, -0.15) is 5.26 Å². The summed E-state index contributed by atoms with van der Waals surface area (Å²) in [6, 6.07) is 9.29. The van der Waals surface area contributed by atoms with Crippen LogP contribution in [0.25, 0.3) is 0 Å². The monoisotopic (exact) mass is 853 g/mol. The van der Waals surface area contributed by atoms with Crippen molar-refractivity contribution in [3.05, 3.63) is 97.9 Å². The van der Waals surface area contributed by atoms with Crippen molar-refractivity contribution in [3.8, 4) is 11.8 Å². The van der Waals surface area contributed by atoms with Crippen molar-refractivity contribution in [2.75, 3.05) is 10.6 Å². The highest BCUT2D eigenvalue weighted by molar-refractivity contribution is 7.93. The summed E-state index contributed by atoms with van der Waals surface area (Å²) < 4.78 is 64.8. The van der Waals surface area contributed by atoms with Crippen molar-refractivity contribution in [3.63, 3.8) is 0 Å². The van der Waals surface area contributed by atoms with Gasteiger partial charge in [-0.25, -0.2) is 37.1 Å². The third kappa shape index (κ3) is 8.51. The van der Waals surface area contributed by atoms with E-state index in [1.807, 2.05) is 27.7 Å². The van der Waals surface area contributed by atoms with Crippen LogP contribution in [0.5, 0.6) is 5.75 Å². The number of amides is 4. The Labute approximate surface area is 340 Å². The SMILES string of the molecule is CC(C)c1ccc(C#N)c(C(C)C)c1NC(=O)N=S(N)(=O)c1ccc(C(C)(O)CC2Cc3c(F)c4c(c(NC(=O)N=S(N)(=O)c5ccc(O)cc5F)c3C2)CCC4)s1. The van der Waals surface area contributed by atoms with Crippen LogP contribution >= 0.6 is 11.3 Å². The Bertz CT molecular complexity index is 2650. The lowest BCUT2D eigenvalue weighted by molar-refractivity contribution is 0.0348. The molecular weight excluding hydrogens is 809 g/mol. The largest absolute Gasteiger partial charge is 0.508 e. The smallest absolute Gasteiger partial charge is 0.354 e. The maximum Gasteiger partial charge on any atom is 0.354 e. The Morgan fingerprint density at radius 1 is 0.931 bits per heavy atom. The lowest BCUT2D eigenvalue weighted by Crippen LogP contribution is -2.24. The lowest BCUT2D eigenvalue weighted by atomic mass is 9.89. The third-order valence-electron chi connectivity index (χ3n) is 10.5. The molecule has 1 aromatic heterocycles. The van der Waals surface area contributed by atoms with E-state index in [9.17, 15) is 37.9 Å². The molecule has 2 aliphatic carbocycles. The van der Waals surface area contributed by atoms with Gasteiger partial charge in [-0.1, -0.05) is 33.8 Å². The second-order valence-corrected chi connectivity index (χ2v) is 20.4. The summed E-state index contributed by atoms with van der Waals surface area (Å²) in [6.45, 7) is 9.24. The summed E-state index contributed by atoms with van der Waals surface area (Å²) in [5, 5.41) is 48.4. The molecule has 58 heavy (non-hydrogen) atoms. The molecule has 2 aliphatic rings. The molecule has 4 unspecified atom stereocenters. The number of carbonyl (C=O) groups excluding carboxylic acids is 2. The molecule has 0 saturated heterocycles. The zero-order valence-corrected chi connectivity index (χ0v) is 35.0. The number of aromatic hydroxyl groups is 1. The Morgan fingerprint density at radius 2 is 1.57 bits per heavy atom. The van der Waals surface area contributed by atoms with E-state index >= 15 is 4.39 Å². The van der Waals surface area contributed by atoms with E-state index in [0.717, 1.165) is 29.0 Å². The maximum atomic E-state index is 16.0.